The van der Waals surface area contributed by atoms with E-state index in [1.54, 1.807) is 4.90 Å². The zero-order chi connectivity index (χ0) is 19.1. The molecular formula is C19H28N2O4S. The Kier molecular flexibility index (Phi) is 7.63. The van der Waals surface area contributed by atoms with Crippen LogP contribution in [0.1, 0.15) is 61.9 Å². The number of hydrogen-bond donors (Lipinski definition) is 1. The number of nitrogens with one attached hydrogen (secondary N) is 1. The van der Waals surface area contributed by atoms with Gasteiger partial charge in [0.1, 0.15) is 5.00 Å². The topological polar surface area (TPSA) is 75.7 Å². The number of anilines is 1. The van der Waals surface area contributed by atoms with E-state index in [2.05, 4.69) is 19.2 Å². The van der Waals surface area contributed by atoms with Gasteiger partial charge in [0.05, 0.1) is 19.2 Å². The van der Waals surface area contributed by atoms with Gasteiger partial charge in [-0.15, -0.1) is 11.3 Å². The van der Waals surface area contributed by atoms with Crippen LogP contribution >= 0.6 is 11.3 Å². The number of carbonyl (C=O) groups is 3. The Balaban J connectivity index is 2.08. The van der Waals surface area contributed by atoms with Gasteiger partial charge in [-0.2, -0.15) is 0 Å². The van der Waals surface area contributed by atoms with Crippen LogP contribution in [0.3, 0.4) is 0 Å². The van der Waals surface area contributed by atoms with Gasteiger partial charge in [-0.25, -0.2) is 4.79 Å². The van der Waals surface area contributed by atoms with E-state index in [-0.39, 0.29) is 18.4 Å². The van der Waals surface area contributed by atoms with E-state index in [4.69, 9.17) is 4.74 Å². The van der Waals surface area contributed by atoms with Gasteiger partial charge < -0.3 is 15.0 Å². The minimum Gasteiger partial charge on any atom is -0.465 e. The van der Waals surface area contributed by atoms with Crippen molar-refractivity contribution in [1.82, 2.24) is 4.90 Å². The molecule has 2 rings (SSSR count). The largest absolute Gasteiger partial charge is 0.465 e. The molecule has 0 aliphatic carbocycles. The zero-order valence-electron chi connectivity index (χ0n) is 15.8. The number of thiophene rings is 1. The van der Waals surface area contributed by atoms with Gasteiger partial charge in [0.15, 0.2) is 0 Å². The number of esters is 1. The molecule has 1 aromatic heterocycles. The van der Waals surface area contributed by atoms with Crippen molar-refractivity contribution in [3.05, 3.63) is 16.5 Å². The van der Waals surface area contributed by atoms with Crippen LogP contribution < -0.4 is 5.32 Å². The smallest absolute Gasteiger partial charge is 0.341 e. The van der Waals surface area contributed by atoms with Crippen LogP contribution in [-0.4, -0.2) is 42.9 Å². The average Bonchev–Trinajstić information content (AvgIpc) is 2.95. The molecule has 2 amide bonds. The van der Waals surface area contributed by atoms with Gasteiger partial charge in [-0.05, 0) is 36.1 Å². The number of nitrogens with zero attached hydrogens (tertiary/aromatic N) is 1. The van der Waals surface area contributed by atoms with Crippen molar-refractivity contribution in [2.45, 2.75) is 52.4 Å². The van der Waals surface area contributed by atoms with Crippen molar-refractivity contribution >= 4 is 34.1 Å². The molecule has 6 nitrogen and oxygen atoms in total. The summed E-state index contributed by atoms with van der Waals surface area (Å²) in [5.74, 6) is -0.309. The molecule has 2 heterocycles. The molecule has 1 aliphatic heterocycles. The minimum atomic E-state index is -0.445. The number of ether oxygens (including phenoxy) is 1. The SMILES string of the molecule is COC(=O)c1c(CC(C)C)csc1NC(=O)CN1CCCCCCC1=O. The fourth-order valence-electron chi connectivity index (χ4n) is 3.12. The molecule has 7 heteroatoms. The lowest BCUT2D eigenvalue weighted by molar-refractivity contribution is -0.135. The summed E-state index contributed by atoms with van der Waals surface area (Å²) < 4.78 is 4.89. The zero-order valence-corrected chi connectivity index (χ0v) is 16.6. The molecule has 1 N–H and O–H groups in total. The van der Waals surface area contributed by atoms with Crippen LogP contribution in [0.15, 0.2) is 5.38 Å². The molecule has 0 spiro atoms. The molecule has 144 valence electrons. The minimum absolute atomic E-state index is 0.0247. The van der Waals surface area contributed by atoms with E-state index in [0.29, 0.717) is 29.4 Å². The lowest BCUT2D eigenvalue weighted by atomic mass is 10.0. The molecule has 0 aromatic carbocycles. The summed E-state index contributed by atoms with van der Waals surface area (Å²) in [7, 11) is 1.34. The van der Waals surface area contributed by atoms with Crippen LogP contribution in [0.2, 0.25) is 0 Å². The fourth-order valence-corrected chi connectivity index (χ4v) is 4.10. The lowest BCUT2D eigenvalue weighted by Gasteiger charge is -2.24. The number of likely N-dealkylation sites (tertiary alicyclic amines) is 1. The van der Waals surface area contributed by atoms with Gasteiger partial charge in [0.25, 0.3) is 0 Å². The number of rotatable bonds is 6. The van der Waals surface area contributed by atoms with Crippen molar-refractivity contribution in [3.63, 3.8) is 0 Å². The van der Waals surface area contributed by atoms with E-state index in [1.807, 2.05) is 5.38 Å². The lowest BCUT2D eigenvalue weighted by Crippen LogP contribution is -2.39. The first-order valence-electron chi connectivity index (χ1n) is 9.18. The van der Waals surface area contributed by atoms with Gasteiger partial charge in [0.2, 0.25) is 11.8 Å². The third-order valence-electron chi connectivity index (χ3n) is 4.39. The molecule has 0 bridgehead atoms. The molecule has 0 atom stereocenters. The number of hydrogen-bond acceptors (Lipinski definition) is 5. The van der Waals surface area contributed by atoms with Crippen molar-refractivity contribution in [2.75, 3.05) is 25.5 Å². The monoisotopic (exact) mass is 380 g/mol. The van der Waals surface area contributed by atoms with E-state index in [1.165, 1.54) is 18.4 Å². The Morgan fingerprint density at radius 1 is 1.27 bits per heavy atom. The van der Waals surface area contributed by atoms with Crippen molar-refractivity contribution < 1.29 is 19.1 Å². The summed E-state index contributed by atoms with van der Waals surface area (Å²) >= 11 is 1.32. The maximum absolute atomic E-state index is 12.5. The van der Waals surface area contributed by atoms with Crippen molar-refractivity contribution in [1.29, 1.82) is 0 Å². The fraction of sp³-hybridized carbons (Fsp3) is 0.632. The van der Waals surface area contributed by atoms with Gasteiger partial charge in [0, 0.05) is 13.0 Å². The van der Waals surface area contributed by atoms with E-state index < -0.39 is 5.97 Å². The maximum Gasteiger partial charge on any atom is 0.341 e. The molecule has 0 radical (unpaired) electrons. The van der Waals surface area contributed by atoms with E-state index in [9.17, 15) is 14.4 Å². The molecular weight excluding hydrogens is 352 g/mol. The normalized spacial score (nSPS) is 15.5. The Labute approximate surface area is 158 Å². The second-order valence-electron chi connectivity index (χ2n) is 7.08. The highest BCUT2D eigenvalue weighted by atomic mass is 32.1. The standard InChI is InChI=1S/C19H28N2O4S/c1-13(2)10-14-12-26-18(17(14)19(24)25-3)20-15(22)11-21-9-7-5-4-6-8-16(21)23/h12-13H,4-11H2,1-3H3,(H,20,22). The summed E-state index contributed by atoms with van der Waals surface area (Å²) in [4.78, 5) is 38.4. The number of methoxy groups -OCH3 is 1. The second kappa shape index (κ2) is 9.71. The molecule has 1 saturated heterocycles. The predicted molar refractivity (Wildman–Crippen MR) is 102 cm³/mol. The molecule has 1 aromatic rings. The van der Waals surface area contributed by atoms with Crippen LogP contribution in [0.4, 0.5) is 5.00 Å². The van der Waals surface area contributed by atoms with Gasteiger partial charge in [-0.1, -0.05) is 26.7 Å². The first-order chi connectivity index (χ1) is 12.4. The summed E-state index contributed by atoms with van der Waals surface area (Å²) in [5.41, 5.74) is 1.31. The first kappa shape index (κ1) is 20.4. The molecule has 26 heavy (non-hydrogen) atoms. The molecule has 0 unspecified atom stereocenters. The Morgan fingerprint density at radius 2 is 2.00 bits per heavy atom. The highest BCUT2D eigenvalue weighted by Gasteiger charge is 2.23. The Morgan fingerprint density at radius 3 is 2.69 bits per heavy atom. The third-order valence-corrected chi connectivity index (χ3v) is 5.34. The Hall–Kier alpha value is -1.89. The molecule has 1 fully saturated rings. The highest BCUT2D eigenvalue weighted by Crippen LogP contribution is 2.30. The molecule has 0 saturated carbocycles. The number of amides is 2. The van der Waals surface area contributed by atoms with Crippen molar-refractivity contribution in [2.24, 2.45) is 5.92 Å². The highest BCUT2D eigenvalue weighted by molar-refractivity contribution is 7.15. The van der Waals surface area contributed by atoms with Crippen molar-refractivity contribution in [3.8, 4) is 0 Å². The maximum atomic E-state index is 12.5. The van der Waals surface area contributed by atoms with Crippen LogP contribution in [0.25, 0.3) is 0 Å². The summed E-state index contributed by atoms with van der Waals surface area (Å²) in [5, 5.41) is 5.20. The van der Waals surface area contributed by atoms with Gasteiger partial charge in [-0.3, -0.25) is 9.59 Å². The third kappa shape index (κ3) is 5.56. The van der Waals surface area contributed by atoms with E-state index in [0.717, 1.165) is 37.7 Å². The molecule has 1 aliphatic rings. The predicted octanol–water partition coefficient (Wildman–Crippen LogP) is 3.46. The van der Waals surface area contributed by atoms with Gasteiger partial charge >= 0.3 is 5.97 Å². The average molecular weight is 381 g/mol. The first-order valence-corrected chi connectivity index (χ1v) is 10.1. The van der Waals surface area contributed by atoms with Crippen LogP contribution in [-0.2, 0) is 20.7 Å². The summed E-state index contributed by atoms with van der Waals surface area (Å²) in [6.07, 6.45) is 5.19. The van der Waals surface area contributed by atoms with Crippen LogP contribution in [0.5, 0.6) is 0 Å². The second-order valence-corrected chi connectivity index (χ2v) is 7.96. The van der Waals surface area contributed by atoms with Crippen LogP contribution in [0, 0.1) is 5.92 Å². The Bertz CT molecular complexity index is 654. The summed E-state index contributed by atoms with van der Waals surface area (Å²) in [6, 6.07) is 0. The number of carbonyl (C=O) groups excluding carboxylic acids is 3. The van der Waals surface area contributed by atoms with E-state index >= 15 is 0 Å². The quantitative estimate of drug-likeness (QED) is 0.767. The summed E-state index contributed by atoms with van der Waals surface area (Å²) in [6.45, 7) is 4.78.